The van der Waals surface area contributed by atoms with Gasteiger partial charge in [-0.25, -0.2) is 0 Å². The molecule has 120 valence electrons. The van der Waals surface area contributed by atoms with E-state index in [-0.39, 0.29) is 18.4 Å². The van der Waals surface area contributed by atoms with Crippen LogP contribution in [0.5, 0.6) is 0 Å². The minimum Gasteiger partial charge on any atom is -0.343 e. The van der Waals surface area contributed by atoms with Crippen LogP contribution >= 0.6 is 0 Å². The molecule has 0 radical (unpaired) electrons. The maximum Gasteiger partial charge on any atom is 0.251 e. The SMILES string of the molecule is N#Cc1ccc(C(=O)NCC(=O)N(C2CCCC2)C2CC2)cc1. The van der Waals surface area contributed by atoms with Gasteiger partial charge >= 0.3 is 0 Å². The van der Waals surface area contributed by atoms with Crippen LogP contribution in [0.4, 0.5) is 0 Å². The molecule has 3 rings (SSSR count). The van der Waals surface area contributed by atoms with Crippen molar-refractivity contribution in [1.29, 1.82) is 5.26 Å². The molecule has 23 heavy (non-hydrogen) atoms. The lowest BCUT2D eigenvalue weighted by molar-refractivity contribution is -0.133. The molecule has 0 bridgehead atoms. The number of hydrogen-bond donors (Lipinski definition) is 1. The Bertz CT molecular complexity index is 623. The van der Waals surface area contributed by atoms with Gasteiger partial charge in [-0.05, 0) is 49.9 Å². The molecule has 0 unspecified atom stereocenters. The second kappa shape index (κ2) is 6.82. The van der Waals surface area contributed by atoms with Gasteiger partial charge in [0, 0.05) is 17.6 Å². The number of nitrogens with zero attached hydrogens (tertiary/aromatic N) is 2. The van der Waals surface area contributed by atoms with E-state index in [0.717, 1.165) is 25.7 Å². The van der Waals surface area contributed by atoms with Crippen molar-refractivity contribution in [2.24, 2.45) is 0 Å². The number of carbonyl (C=O) groups is 2. The van der Waals surface area contributed by atoms with Crippen LogP contribution in [0.2, 0.25) is 0 Å². The molecular weight excluding hydrogens is 290 g/mol. The Kier molecular flexibility index (Phi) is 4.61. The highest BCUT2D eigenvalue weighted by Gasteiger charge is 2.38. The quantitative estimate of drug-likeness (QED) is 0.906. The van der Waals surface area contributed by atoms with Gasteiger partial charge in [0.2, 0.25) is 5.91 Å². The Morgan fingerprint density at radius 3 is 2.26 bits per heavy atom. The van der Waals surface area contributed by atoms with Crippen molar-refractivity contribution >= 4 is 11.8 Å². The zero-order valence-electron chi connectivity index (χ0n) is 13.1. The van der Waals surface area contributed by atoms with Crippen molar-refractivity contribution < 1.29 is 9.59 Å². The van der Waals surface area contributed by atoms with Gasteiger partial charge in [-0.3, -0.25) is 9.59 Å². The zero-order valence-corrected chi connectivity index (χ0v) is 13.1. The van der Waals surface area contributed by atoms with Gasteiger partial charge in [-0.2, -0.15) is 5.26 Å². The van der Waals surface area contributed by atoms with Gasteiger partial charge in [-0.1, -0.05) is 12.8 Å². The Balaban J connectivity index is 1.56. The molecule has 0 saturated heterocycles. The third-order valence-corrected chi connectivity index (χ3v) is 4.62. The Morgan fingerprint density at radius 1 is 1.09 bits per heavy atom. The number of benzene rings is 1. The molecule has 0 spiro atoms. The van der Waals surface area contributed by atoms with Crippen LogP contribution in [0, 0.1) is 11.3 Å². The Labute approximate surface area is 136 Å². The minimum atomic E-state index is -0.273. The van der Waals surface area contributed by atoms with E-state index >= 15 is 0 Å². The van der Waals surface area contributed by atoms with E-state index in [4.69, 9.17) is 5.26 Å². The molecule has 2 amide bonds. The van der Waals surface area contributed by atoms with E-state index in [9.17, 15) is 9.59 Å². The van der Waals surface area contributed by atoms with Gasteiger partial charge in [0.05, 0.1) is 18.2 Å². The van der Waals surface area contributed by atoms with Crippen LogP contribution in [0.25, 0.3) is 0 Å². The maximum atomic E-state index is 12.5. The molecule has 1 aromatic carbocycles. The zero-order chi connectivity index (χ0) is 16.2. The summed E-state index contributed by atoms with van der Waals surface area (Å²) >= 11 is 0. The number of nitriles is 1. The average Bonchev–Trinajstić information content (AvgIpc) is 3.26. The lowest BCUT2D eigenvalue weighted by atomic mass is 10.1. The normalized spacial score (nSPS) is 17.5. The van der Waals surface area contributed by atoms with E-state index in [1.807, 2.05) is 11.0 Å². The lowest BCUT2D eigenvalue weighted by Crippen LogP contribution is -2.46. The highest BCUT2D eigenvalue weighted by molar-refractivity contribution is 5.96. The second-order valence-corrected chi connectivity index (χ2v) is 6.34. The molecule has 2 fully saturated rings. The third kappa shape index (κ3) is 3.70. The molecular formula is C18H21N3O2. The first-order valence-corrected chi connectivity index (χ1v) is 8.28. The van der Waals surface area contributed by atoms with Gasteiger partial charge < -0.3 is 10.2 Å². The van der Waals surface area contributed by atoms with E-state index < -0.39 is 0 Å². The van der Waals surface area contributed by atoms with Crippen molar-refractivity contribution in [1.82, 2.24) is 10.2 Å². The first kappa shape index (κ1) is 15.5. The predicted molar refractivity (Wildman–Crippen MR) is 85.6 cm³/mol. The first-order valence-electron chi connectivity index (χ1n) is 8.28. The summed E-state index contributed by atoms with van der Waals surface area (Å²) in [4.78, 5) is 26.6. The van der Waals surface area contributed by atoms with Crippen molar-refractivity contribution in [2.75, 3.05) is 6.54 Å². The van der Waals surface area contributed by atoms with Gasteiger partial charge in [0.15, 0.2) is 0 Å². The summed E-state index contributed by atoms with van der Waals surface area (Å²) in [6.07, 6.45) is 6.74. The van der Waals surface area contributed by atoms with Gasteiger partial charge in [-0.15, -0.1) is 0 Å². The number of amides is 2. The topological polar surface area (TPSA) is 73.2 Å². The summed E-state index contributed by atoms with van der Waals surface area (Å²) in [6, 6.07) is 9.18. The molecule has 0 atom stereocenters. The van der Waals surface area contributed by atoms with Crippen LogP contribution in [0.1, 0.15) is 54.4 Å². The molecule has 0 heterocycles. The van der Waals surface area contributed by atoms with Crippen molar-refractivity contribution in [3.8, 4) is 6.07 Å². The molecule has 1 aromatic rings. The van der Waals surface area contributed by atoms with Gasteiger partial charge in [0.25, 0.3) is 5.91 Å². The molecule has 5 nitrogen and oxygen atoms in total. The Morgan fingerprint density at radius 2 is 1.70 bits per heavy atom. The molecule has 2 aliphatic carbocycles. The summed E-state index contributed by atoms with van der Waals surface area (Å²) in [5.74, 6) is -0.244. The fraction of sp³-hybridized carbons (Fsp3) is 0.500. The minimum absolute atomic E-state index is 0.0291. The summed E-state index contributed by atoms with van der Waals surface area (Å²) in [6.45, 7) is 0.0475. The summed E-state index contributed by atoms with van der Waals surface area (Å²) in [7, 11) is 0. The van der Waals surface area contributed by atoms with Crippen molar-refractivity contribution in [3.05, 3.63) is 35.4 Å². The third-order valence-electron chi connectivity index (χ3n) is 4.62. The van der Waals surface area contributed by atoms with E-state index in [0.29, 0.717) is 23.2 Å². The molecule has 5 heteroatoms. The van der Waals surface area contributed by atoms with E-state index in [1.54, 1.807) is 24.3 Å². The predicted octanol–water partition coefficient (Wildman–Crippen LogP) is 2.22. The molecule has 0 aliphatic heterocycles. The fourth-order valence-corrected chi connectivity index (χ4v) is 3.29. The summed E-state index contributed by atoms with van der Waals surface area (Å²) in [5.41, 5.74) is 0.981. The Hall–Kier alpha value is -2.35. The van der Waals surface area contributed by atoms with E-state index in [2.05, 4.69) is 5.32 Å². The standard InChI is InChI=1S/C18H21N3O2/c19-11-13-5-7-14(8-6-13)18(23)20-12-17(22)21(16-9-10-16)15-3-1-2-4-15/h5-8,15-16H,1-4,9-10,12H2,(H,20,23). The second-order valence-electron chi connectivity index (χ2n) is 6.34. The number of nitrogens with one attached hydrogen (secondary N) is 1. The van der Waals surface area contributed by atoms with Crippen LogP contribution < -0.4 is 5.32 Å². The lowest BCUT2D eigenvalue weighted by Gasteiger charge is -2.29. The van der Waals surface area contributed by atoms with Crippen molar-refractivity contribution in [3.63, 3.8) is 0 Å². The van der Waals surface area contributed by atoms with Crippen LogP contribution in [0.3, 0.4) is 0 Å². The van der Waals surface area contributed by atoms with Crippen LogP contribution in [-0.2, 0) is 4.79 Å². The maximum absolute atomic E-state index is 12.5. The summed E-state index contributed by atoms with van der Waals surface area (Å²) in [5, 5.41) is 11.5. The number of rotatable bonds is 5. The number of carbonyl (C=O) groups excluding carboxylic acids is 2. The van der Waals surface area contributed by atoms with E-state index in [1.165, 1.54) is 12.8 Å². The number of hydrogen-bond acceptors (Lipinski definition) is 3. The monoisotopic (exact) mass is 311 g/mol. The smallest absolute Gasteiger partial charge is 0.251 e. The van der Waals surface area contributed by atoms with Crippen LogP contribution in [0.15, 0.2) is 24.3 Å². The summed E-state index contributed by atoms with van der Waals surface area (Å²) < 4.78 is 0. The average molecular weight is 311 g/mol. The van der Waals surface area contributed by atoms with Crippen LogP contribution in [-0.4, -0.2) is 35.3 Å². The molecule has 0 aromatic heterocycles. The molecule has 2 saturated carbocycles. The molecule has 2 aliphatic rings. The first-order chi connectivity index (χ1) is 11.2. The van der Waals surface area contributed by atoms with Crippen molar-refractivity contribution in [2.45, 2.75) is 50.6 Å². The largest absolute Gasteiger partial charge is 0.343 e. The fourth-order valence-electron chi connectivity index (χ4n) is 3.29. The highest BCUT2D eigenvalue weighted by atomic mass is 16.2. The highest BCUT2D eigenvalue weighted by Crippen LogP contribution is 2.34. The molecule has 1 N–H and O–H groups in total. The van der Waals surface area contributed by atoms with Gasteiger partial charge in [0.1, 0.15) is 0 Å².